The van der Waals surface area contributed by atoms with Gasteiger partial charge in [0.2, 0.25) is 0 Å². The molecule has 1 atom stereocenters. The molecule has 0 radical (unpaired) electrons. The number of carbonyl (C=O) groups is 1. The van der Waals surface area contributed by atoms with Crippen molar-refractivity contribution in [3.63, 3.8) is 0 Å². The van der Waals surface area contributed by atoms with Gasteiger partial charge in [-0.1, -0.05) is 12.8 Å². The van der Waals surface area contributed by atoms with E-state index in [1.54, 1.807) is 7.11 Å². The highest BCUT2D eigenvalue weighted by Gasteiger charge is 2.34. The van der Waals surface area contributed by atoms with Crippen LogP contribution in [0, 0.1) is 11.8 Å². The van der Waals surface area contributed by atoms with Gasteiger partial charge in [-0.15, -0.1) is 0 Å². The molecule has 4 heteroatoms. The van der Waals surface area contributed by atoms with E-state index < -0.39 is 0 Å². The second-order valence-corrected chi connectivity index (χ2v) is 7.31. The predicted molar refractivity (Wildman–Crippen MR) is 89.8 cm³/mol. The number of nitrogens with zero attached hydrogens (tertiary/aromatic N) is 2. The van der Waals surface area contributed by atoms with Crippen molar-refractivity contribution in [2.75, 3.05) is 39.8 Å². The van der Waals surface area contributed by atoms with Crippen molar-refractivity contribution in [2.24, 2.45) is 11.8 Å². The summed E-state index contributed by atoms with van der Waals surface area (Å²) in [4.78, 5) is 17.4. The highest BCUT2D eigenvalue weighted by molar-refractivity contribution is 5.73. The van der Waals surface area contributed by atoms with Crippen LogP contribution in [0.2, 0.25) is 0 Å². The molecule has 0 saturated carbocycles. The summed E-state index contributed by atoms with van der Waals surface area (Å²) >= 11 is 0. The average molecular weight is 310 g/mol. The molecule has 2 rings (SSSR count). The Labute approximate surface area is 136 Å². The maximum atomic E-state index is 12.3. The van der Waals surface area contributed by atoms with Gasteiger partial charge in [0.1, 0.15) is 0 Å². The monoisotopic (exact) mass is 310 g/mol. The maximum absolute atomic E-state index is 12.3. The fraction of sp³-hybridized carbons (Fsp3) is 0.944. The van der Waals surface area contributed by atoms with Crippen LogP contribution in [0.1, 0.15) is 52.4 Å². The van der Waals surface area contributed by atoms with Crippen molar-refractivity contribution >= 4 is 5.97 Å². The van der Waals surface area contributed by atoms with Crippen LogP contribution in [0.15, 0.2) is 0 Å². The van der Waals surface area contributed by atoms with Gasteiger partial charge in [0, 0.05) is 12.6 Å². The van der Waals surface area contributed by atoms with Crippen LogP contribution < -0.4 is 0 Å². The molecule has 2 aliphatic rings. The summed E-state index contributed by atoms with van der Waals surface area (Å²) in [6.07, 6.45) is 7.50. The zero-order valence-corrected chi connectivity index (χ0v) is 14.7. The fourth-order valence-corrected chi connectivity index (χ4v) is 4.00. The van der Waals surface area contributed by atoms with Gasteiger partial charge in [0.05, 0.1) is 13.0 Å². The van der Waals surface area contributed by atoms with Crippen molar-refractivity contribution < 1.29 is 9.53 Å². The third kappa shape index (κ3) is 4.95. The Morgan fingerprint density at radius 1 is 1.05 bits per heavy atom. The molecule has 0 N–H and O–H groups in total. The Hall–Kier alpha value is -0.610. The highest BCUT2D eigenvalue weighted by Crippen LogP contribution is 2.28. The molecule has 0 bridgehead atoms. The zero-order valence-electron chi connectivity index (χ0n) is 14.7. The number of ether oxygens (including phenoxy) is 1. The summed E-state index contributed by atoms with van der Waals surface area (Å²) in [7, 11) is 1.54. The molecule has 2 saturated heterocycles. The summed E-state index contributed by atoms with van der Waals surface area (Å²) in [5.74, 6) is 0.565. The molecule has 1 unspecified atom stereocenters. The van der Waals surface area contributed by atoms with Crippen LogP contribution in [-0.4, -0.2) is 61.6 Å². The average Bonchev–Trinajstić information content (AvgIpc) is 2.80. The van der Waals surface area contributed by atoms with Crippen LogP contribution in [0.5, 0.6) is 0 Å². The topological polar surface area (TPSA) is 32.8 Å². The standard InChI is InChI=1S/C18H34N2O2/c1-15(2)20-12-8-16(9-13-20)17(18(21)22-3)14-19-10-6-4-5-7-11-19/h15-17H,4-14H2,1-3H3. The highest BCUT2D eigenvalue weighted by atomic mass is 16.5. The van der Waals surface area contributed by atoms with Gasteiger partial charge < -0.3 is 14.5 Å². The Morgan fingerprint density at radius 3 is 2.14 bits per heavy atom. The third-order valence-electron chi connectivity index (χ3n) is 5.53. The Balaban J connectivity index is 1.93. The van der Waals surface area contributed by atoms with Gasteiger partial charge in [-0.25, -0.2) is 0 Å². The molecule has 0 aliphatic carbocycles. The number of rotatable bonds is 5. The number of hydrogen-bond donors (Lipinski definition) is 0. The first kappa shape index (κ1) is 17.7. The molecule has 0 aromatic heterocycles. The van der Waals surface area contributed by atoms with Crippen LogP contribution in [0.25, 0.3) is 0 Å². The second-order valence-electron chi connectivity index (χ2n) is 7.31. The first-order valence-corrected chi connectivity index (χ1v) is 9.16. The normalized spacial score (nSPS) is 24.2. The molecule has 22 heavy (non-hydrogen) atoms. The van der Waals surface area contributed by atoms with E-state index in [0.29, 0.717) is 12.0 Å². The SMILES string of the molecule is COC(=O)C(CN1CCCCCC1)C1CCN(C(C)C)CC1. The Bertz CT molecular complexity index is 330. The quantitative estimate of drug-likeness (QED) is 0.731. The molecular weight excluding hydrogens is 276 g/mol. The largest absolute Gasteiger partial charge is 0.469 e. The number of piperidine rings is 1. The van der Waals surface area contributed by atoms with Crippen LogP contribution in [0.3, 0.4) is 0 Å². The minimum atomic E-state index is 0.00671. The number of hydrogen-bond acceptors (Lipinski definition) is 4. The van der Waals surface area contributed by atoms with E-state index in [4.69, 9.17) is 4.74 Å². The number of esters is 1. The molecule has 0 amide bonds. The second kappa shape index (κ2) is 8.88. The number of carbonyl (C=O) groups excluding carboxylic acids is 1. The van der Waals surface area contributed by atoms with Crippen LogP contribution >= 0.6 is 0 Å². The lowest BCUT2D eigenvalue weighted by Gasteiger charge is -2.38. The molecule has 0 aromatic rings. The molecule has 2 aliphatic heterocycles. The number of methoxy groups -OCH3 is 1. The molecule has 2 fully saturated rings. The van der Waals surface area contributed by atoms with E-state index in [1.807, 2.05) is 0 Å². The van der Waals surface area contributed by atoms with Crippen molar-refractivity contribution in [3.8, 4) is 0 Å². The summed E-state index contributed by atoms with van der Waals surface area (Å²) < 4.78 is 5.13. The summed E-state index contributed by atoms with van der Waals surface area (Å²) in [5.41, 5.74) is 0. The first-order chi connectivity index (χ1) is 10.6. The third-order valence-corrected chi connectivity index (χ3v) is 5.53. The summed E-state index contributed by atoms with van der Waals surface area (Å²) in [5, 5.41) is 0. The van der Waals surface area contributed by atoms with E-state index >= 15 is 0 Å². The van der Waals surface area contributed by atoms with Crippen molar-refractivity contribution in [1.29, 1.82) is 0 Å². The smallest absolute Gasteiger partial charge is 0.310 e. The van der Waals surface area contributed by atoms with E-state index in [-0.39, 0.29) is 11.9 Å². The van der Waals surface area contributed by atoms with Gasteiger partial charge in [0.15, 0.2) is 0 Å². The van der Waals surface area contributed by atoms with Gasteiger partial charge >= 0.3 is 5.97 Å². The molecule has 4 nitrogen and oxygen atoms in total. The van der Waals surface area contributed by atoms with E-state index in [0.717, 1.165) is 45.6 Å². The molecule has 128 valence electrons. The molecular formula is C18H34N2O2. The number of likely N-dealkylation sites (tertiary alicyclic amines) is 2. The molecule has 0 aromatic carbocycles. The minimum absolute atomic E-state index is 0.00671. The van der Waals surface area contributed by atoms with Crippen LogP contribution in [0.4, 0.5) is 0 Å². The Kier molecular flexibility index (Phi) is 7.16. The molecule has 2 heterocycles. The lowest BCUT2D eigenvalue weighted by molar-refractivity contribution is -0.149. The Morgan fingerprint density at radius 2 is 1.64 bits per heavy atom. The maximum Gasteiger partial charge on any atom is 0.310 e. The lowest BCUT2D eigenvalue weighted by atomic mass is 9.83. The van der Waals surface area contributed by atoms with Gasteiger partial charge in [-0.05, 0) is 71.6 Å². The lowest BCUT2D eigenvalue weighted by Crippen LogP contribution is -2.44. The van der Waals surface area contributed by atoms with Crippen LogP contribution in [-0.2, 0) is 9.53 Å². The predicted octanol–water partition coefficient (Wildman–Crippen LogP) is 2.77. The summed E-state index contributed by atoms with van der Waals surface area (Å²) in [6, 6.07) is 0.614. The van der Waals surface area contributed by atoms with E-state index in [2.05, 4.69) is 23.6 Å². The van der Waals surface area contributed by atoms with Crippen molar-refractivity contribution in [3.05, 3.63) is 0 Å². The van der Waals surface area contributed by atoms with Gasteiger partial charge in [-0.3, -0.25) is 4.79 Å². The van der Waals surface area contributed by atoms with E-state index in [1.165, 1.54) is 25.7 Å². The van der Waals surface area contributed by atoms with Crippen molar-refractivity contribution in [2.45, 2.75) is 58.4 Å². The zero-order chi connectivity index (χ0) is 15.9. The van der Waals surface area contributed by atoms with Crippen molar-refractivity contribution in [1.82, 2.24) is 9.80 Å². The summed E-state index contributed by atoms with van der Waals surface area (Å²) in [6.45, 7) is 9.96. The van der Waals surface area contributed by atoms with Gasteiger partial charge in [-0.2, -0.15) is 0 Å². The minimum Gasteiger partial charge on any atom is -0.469 e. The fourth-order valence-electron chi connectivity index (χ4n) is 4.00. The molecule has 0 spiro atoms. The van der Waals surface area contributed by atoms with E-state index in [9.17, 15) is 4.79 Å². The van der Waals surface area contributed by atoms with Gasteiger partial charge in [0.25, 0.3) is 0 Å². The first-order valence-electron chi connectivity index (χ1n) is 9.16.